The van der Waals surface area contributed by atoms with Gasteiger partial charge in [-0.2, -0.15) is 0 Å². The quantitative estimate of drug-likeness (QED) is 0.339. The van der Waals surface area contributed by atoms with Crippen LogP contribution in [0.4, 0.5) is 11.4 Å². The van der Waals surface area contributed by atoms with Crippen LogP contribution in [0.3, 0.4) is 0 Å². The van der Waals surface area contributed by atoms with E-state index in [0.717, 1.165) is 48.7 Å². The van der Waals surface area contributed by atoms with Crippen molar-refractivity contribution in [2.24, 2.45) is 5.92 Å². The number of amides is 1. The third-order valence-electron chi connectivity index (χ3n) is 7.52. The van der Waals surface area contributed by atoms with E-state index in [1.54, 1.807) is 19.2 Å². The van der Waals surface area contributed by atoms with Crippen molar-refractivity contribution in [2.45, 2.75) is 25.4 Å². The lowest BCUT2D eigenvalue weighted by atomic mass is 9.83. The summed E-state index contributed by atoms with van der Waals surface area (Å²) in [6.45, 7) is 3.61. The summed E-state index contributed by atoms with van der Waals surface area (Å²) in [5.74, 6) is 0.473. The molecule has 5 rings (SSSR count). The molecule has 3 aromatic carbocycles. The molecular weight excluding hydrogens is 504 g/mol. The third kappa shape index (κ3) is 5.76. The summed E-state index contributed by atoms with van der Waals surface area (Å²) in [4.78, 5) is 29.2. The molecule has 0 spiro atoms. The summed E-state index contributed by atoms with van der Waals surface area (Å²) < 4.78 is 5.22. The number of carbonyl (C=O) groups excluding carboxylic acids is 1. The Morgan fingerprint density at radius 2 is 1.82 bits per heavy atom. The summed E-state index contributed by atoms with van der Waals surface area (Å²) in [6.07, 6.45) is 1.18. The van der Waals surface area contributed by atoms with Gasteiger partial charge in [-0.15, -0.1) is 0 Å². The van der Waals surface area contributed by atoms with E-state index < -0.39 is 0 Å². The number of nitrogens with one attached hydrogen (secondary N) is 1. The standard InChI is InChI=1S/C29H31ClN4O4/c1-38-25-9-4-20(5-10-25)12-13-31-29(35)26-17-22-16-24(34(36)37)8-11-27(22)33-15-14-32(19-28(26)33)18-21-2-6-23(30)7-3-21/h2-11,16,26,28H,12-15,17-19H2,1H3,(H,31,35)/t26-,28+/m1/s1. The van der Waals surface area contributed by atoms with E-state index in [2.05, 4.69) is 15.1 Å². The van der Waals surface area contributed by atoms with Crippen LogP contribution in [0, 0.1) is 16.0 Å². The Morgan fingerprint density at radius 3 is 2.53 bits per heavy atom. The molecule has 8 nitrogen and oxygen atoms in total. The van der Waals surface area contributed by atoms with Gasteiger partial charge in [-0.3, -0.25) is 19.8 Å². The van der Waals surface area contributed by atoms with Crippen molar-refractivity contribution < 1.29 is 14.5 Å². The lowest BCUT2D eigenvalue weighted by molar-refractivity contribution is -0.384. The van der Waals surface area contributed by atoms with Gasteiger partial charge in [0, 0.05) is 55.6 Å². The molecule has 0 bridgehead atoms. The van der Waals surface area contributed by atoms with Crippen LogP contribution in [-0.4, -0.2) is 55.1 Å². The van der Waals surface area contributed by atoms with Gasteiger partial charge < -0.3 is 15.0 Å². The average molecular weight is 535 g/mol. The number of nitro benzene ring substituents is 1. The summed E-state index contributed by atoms with van der Waals surface area (Å²) in [6, 6.07) is 20.7. The molecule has 2 heterocycles. The number of nitro groups is 1. The first-order chi connectivity index (χ1) is 18.4. The molecule has 2 aliphatic heterocycles. The van der Waals surface area contributed by atoms with Gasteiger partial charge in [-0.1, -0.05) is 35.9 Å². The van der Waals surface area contributed by atoms with Crippen molar-refractivity contribution in [3.63, 3.8) is 0 Å². The van der Waals surface area contributed by atoms with Gasteiger partial charge >= 0.3 is 0 Å². The first kappa shape index (κ1) is 26.0. The lowest BCUT2D eigenvalue weighted by Gasteiger charge is -2.49. The predicted molar refractivity (Wildman–Crippen MR) is 148 cm³/mol. The number of ether oxygens (including phenoxy) is 1. The zero-order valence-corrected chi connectivity index (χ0v) is 22.1. The number of hydrogen-bond donors (Lipinski definition) is 1. The Morgan fingerprint density at radius 1 is 1.08 bits per heavy atom. The van der Waals surface area contributed by atoms with Crippen molar-refractivity contribution in [2.75, 3.05) is 38.2 Å². The Bertz CT molecular complexity index is 1300. The topological polar surface area (TPSA) is 87.9 Å². The molecule has 0 radical (unpaired) electrons. The van der Waals surface area contributed by atoms with Crippen LogP contribution in [0.2, 0.25) is 5.02 Å². The maximum Gasteiger partial charge on any atom is 0.269 e. The zero-order valence-electron chi connectivity index (χ0n) is 21.3. The molecular formula is C29H31ClN4O4. The predicted octanol–water partition coefficient (Wildman–Crippen LogP) is 4.48. The highest BCUT2D eigenvalue weighted by Crippen LogP contribution is 2.38. The fourth-order valence-electron chi connectivity index (χ4n) is 5.53. The maximum atomic E-state index is 13.5. The van der Waals surface area contributed by atoms with E-state index in [0.29, 0.717) is 24.4 Å². The summed E-state index contributed by atoms with van der Waals surface area (Å²) in [5, 5.41) is 15.3. The number of hydrogen-bond acceptors (Lipinski definition) is 6. The third-order valence-corrected chi connectivity index (χ3v) is 7.77. The molecule has 0 unspecified atom stereocenters. The SMILES string of the molecule is COc1ccc(CCNC(=O)[C@@H]2Cc3cc([N+](=O)[O-])ccc3N3CCN(Cc4ccc(Cl)cc4)C[C@@H]23)cc1. The Hall–Kier alpha value is -3.62. The minimum Gasteiger partial charge on any atom is -0.497 e. The monoisotopic (exact) mass is 534 g/mol. The number of methoxy groups -OCH3 is 1. The van der Waals surface area contributed by atoms with Crippen LogP contribution in [0.15, 0.2) is 66.7 Å². The van der Waals surface area contributed by atoms with Gasteiger partial charge in [-0.25, -0.2) is 0 Å². The number of benzene rings is 3. The summed E-state index contributed by atoms with van der Waals surface area (Å²) >= 11 is 6.06. The maximum absolute atomic E-state index is 13.5. The molecule has 1 fully saturated rings. The van der Waals surface area contributed by atoms with Crippen LogP contribution in [0.1, 0.15) is 16.7 Å². The van der Waals surface area contributed by atoms with E-state index in [1.165, 1.54) is 5.56 Å². The molecule has 38 heavy (non-hydrogen) atoms. The Kier molecular flexibility index (Phi) is 7.81. The minimum absolute atomic E-state index is 0.0148. The second-order valence-electron chi connectivity index (χ2n) is 9.89. The van der Waals surface area contributed by atoms with Crippen LogP contribution >= 0.6 is 11.6 Å². The van der Waals surface area contributed by atoms with Crippen LogP contribution < -0.4 is 15.0 Å². The second kappa shape index (κ2) is 11.4. The first-order valence-electron chi connectivity index (χ1n) is 12.8. The number of fused-ring (bicyclic) bond motifs is 3. The number of non-ortho nitro benzene ring substituents is 1. The van der Waals surface area contributed by atoms with E-state index >= 15 is 0 Å². The van der Waals surface area contributed by atoms with Gasteiger partial charge in [0.05, 0.1) is 24.0 Å². The minimum atomic E-state index is -0.375. The molecule has 0 aliphatic carbocycles. The van der Waals surface area contributed by atoms with Gasteiger partial charge in [0.1, 0.15) is 5.75 Å². The fraction of sp³-hybridized carbons (Fsp3) is 0.345. The van der Waals surface area contributed by atoms with Crippen molar-refractivity contribution in [3.05, 3.63) is 98.6 Å². The molecule has 0 saturated carbocycles. The fourth-order valence-corrected chi connectivity index (χ4v) is 5.65. The Balaban J connectivity index is 1.32. The number of rotatable bonds is 8. The van der Waals surface area contributed by atoms with Crippen LogP contribution in [0.5, 0.6) is 5.75 Å². The molecule has 3 aromatic rings. The summed E-state index contributed by atoms with van der Waals surface area (Å²) in [7, 11) is 1.64. The second-order valence-corrected chi connectivity index (χ2v) is 10.3. The van der Waals surface area contributed by atoms with E-state index in [1.807, 2.05) is 54.6 Å². The molecule has 0 aromatic heterocycles. The van der Waals surface area contributed by atoms with Gasteiger partial charge in [0.2, 0.25) is 5.91 Å². The summed E-state index contributed by atoms with van der Waals surface area (Å²) in [5.41, 5.74) is 4.20. The van der Waals surface area contributed by atoms with Crippen LogP contribution in [-0.2, 0) is 24.2 Å². The highest BCUT2D eigenvalue weighted by molar-refractivity contribution is 6.30. The Labute approximate surface area is 227 Å². The lowest BCUT2D eigenvalue weighted by Crippen LogP contribution is -2.61. The number of anilines is 1. The zero-order chi connectivity index (χ0) is 26.6. The van der Waals surface area contributed by atoms with E-state index in [4.69, 9.17) is 16.3 Å². The molecule has 1 N–H and O–H groups in total. The number of nitrogens with zero attached hydrogens (tertiary/aromatic N) is 3. The van der Waals surface area contributed by atoms with Gasteiger partial charge in [0.25, 0.3) is 5.69 Å². The molecule has 9 heteroatoms. The average Bonchev–Trinajstić information content (AvgIpc) is 2.93. The van der Waals surface area contributed by atoms with Gasteiger partial charge in [0.15, 0.2) is 0 Å². The van der Waals surface area contributed by atoms with E-state index in [9.17, 15) is 14.9 Å². The number of carbonyl (C=O) groups is 1. The van der Waals surface area contributed by atoms with E-state index in [-0.39, 0.29) is 28.5 Å². The number of piperazine rings is 1. The molecule has 198 valence electrons. The normalized spacial score (nSPS) is 18.8. The highest BCUT2D eigenvalue weighted by Gasteiger charge is 2.41. The van der Waals surface area contributed by atoms with Crippen molar-refractivity contribution in [1.82, 2.24) is 10.2 Å². The molecule has 2 aliphatic rings. The molecule has 1 saturated heterocycles. The molecule has 2 atom stereocenters. The van der Waals surface area contributed by atoms with Gasteiger partial charge in [-0.05, 0) is 59.9 Å². The number of halogens is 1. The van der Waals surface area contributed by atoms with Crippen molar-refractivity contribution in [3.8, 4) is 5.75 Å². The molecule has 1 amide bonds. The smallest absolute Gasteiger partial charge is 0.269 e. The first-order valence-corrected chi connectivity index (χ1v) is 13.2. The van der Waals surface area contributed by atoms with Crippen molar-refractivity contribution in [1.29, 1.82) is 0 Å². The van der Waals surface area contributed by atoms with Crippen LogP contribution in [0.25, 0.3) is 0 Å². The highest BCUT2D eigenvalue weighted by atomic mass is 35.5. The largest absolute Gasteiger partial charge is 0.497 e. The van der Waals surface area contributed by atoms with Crippen molar-refractivity contribution >= 4 is 28.9 Å².